The van der Waals surface area contributed by atoms with Crippen molar-refractivity contribution in [3.8, 4) is 0 Å². The molecule has 150 valence electrons. The number of amides is 2. The minimum Gasteiger partial charge on any atom is -0.444 e. The molecule has 1 unspecified atom stereocenters. The summed E-state index contributed by atoms with van der Waals surface area (Å²) in [5.74, 6) is 1.16. The molecule has 2 heterocycles. The highest BCUT2D eigenvalue weighted by Crippen LogP contribution is 2.15. The highest BCUT2D eigenvalue weighted by atomic mass is 16.6. The standard InChI is InChI=1S/C20H32N4O3/c1-15(2)14-16(22-19(26)27-20(3,4)5)18(25)24-12-10-23(11-13-24)17-8-6-7-9-21-17/h6-9,15-16H,10-14H2,1-5H3,(H,22,26). The average Bonchev–Trinajstić information content (AvgIpc) is 2.59. The number of alkyl carbamates (subject to hydrolysis) is 1. The van der Waals surface area contributed by atoms with Crippen molar-refractivity contribution in [3.63, 3.8) is 0 Å². The van der Waals surface area contributed by atoms with Crippen molar-refractivity contribution >= 4 is 17.8 Å². The fourth-order valence-corrected chi connectivity index (χ4v) is 3.06. The zero-order chi connectivity index (χ0) is 20.0. The number of anilines is 1. The fourth-order valence-electron chi connectivity index (χ4n) is 3.06. The number of hydrogen-bond acceptors (Lipinski definition) is 5. The minimum absolute atomic E-state index is 0.0461. The van der Waals surface area contributed by atoms with Gasteiger partial charge in [-0.05, 0) is 45.2 Å². The number of hydrogen-bond donors (Lipinski definition) is 1. The number of rotatable bonds is 5. The van der Waals surface area contributed by atoms with E-state index in [2.05, 4.69) is 15.2 Å². The Morgan fingerprint density at radius 3 is 2.37 bits per heavy atom. The quantitative estimate of drug-likeness (QED) is 0.855. The van der Waals surface area contributed by atoms with Crippen molar-refractivity contribution < 1.29 is 14.3 Å². The van der Waals surface area contributed by atoms with Gasteiger partial charge in [-0.2, -0.15) is 0 Å². The van der Waals surface area contributed by atoms with Gasteiger partial charge in [0.2, 0.25) is 5.91 Å². The topological polar surface area (TPSA) is 74.8 Å². The summed E-state index contributed by atoms with van der Waals surface area (Å²) < 4.78 is 5.32. The Morgan fingerprint density at radius 1 is 1.19 bits per heavy atom. The van der Waals surface area contributed by atoms with Gasteiger partial charge in [0.15, 0.2) is 0 Å². The maximum Gasteiger partial charge on any atom is 0.408 e. The molecule has 7 heteroatoms. The SMILES string of the molecule is CC(C)CC(NC(=O)OC(C)(C)C)C(=O)N1CCN(c2ccccn2)CC1. The van der Waals surface area contributed by atoms with Crippen LogP contribution < -0.4 is 10.2 Å². The molecule has 1 aliphatic rings. The summed E-state index contributed by atoms with van der Waals surface area (Å²) in [6.45, 7) is 12.2. The van der Waals surface area contributed by atoms with Crippen LogP contribution in [0.15, 0.2) is 24.4 Å². The third-order valence-corrected chi connectivity index (χ3v) is 4.26. The highest BCUT2D eigenvalue weighted by molar-refractivity contribution is 5.86. The summed E-state index contributed by atoms with van der Waals surface area (Å²) in [4.78, 5) is 33.5. The molecule has 0 radical (unpaired) electrons. The lowest BCUT2D eigenvalue weighted by atomic mass is 10.0. The second-order valence-electron chi connectivity index (χ2n) is 8.33. The van der Waals surface area contributed by atoms with Gasteiger partial charge in [-0.3, -0.25) is 4.79 Å². The van der Waals surface area contributed by atoms with Gasteiger partial charge in [-0.25, -0.2) is 9.78 Å². The Balaban J connectivity index is 1.96. The van der Waals surface area contributed by atoms with Crippen LogP contribution in [-0.2, 0) is 9.53 Å². The van der Waals surface area contributed by atoms with E-state index in [4.69, 9.17) is 4.74 Å². The first kappa shape index (κ1) is 21.0. The molecule has 1 aromatic heterocycles. The van der Waals surface area contributed by atoms with Crippen molar-refractivity contribution in [2.24, 2.45) is 5.92 Å². The van der Waals surface area contributed by atoms with E-state index in [0.29, 0.717) is 19.5 Å². The van der Waals surface area contributed by atoms with Crippen LogP contribution in [0.2, 0.25) is 0 Å². The number of aromatic nitrogens is 1. The molecule has 1 fully saturated rings. The van der Waals surface area contributed by atoms with E-state index in [0.717, 1.165) is 18.9 Å². The maximum atomic E-state index is 13.0. The van der Waals surface area contributed by atoms with Crippen LogP contribution in [0, 0.1) is 5.92 Å². The Bertz CT molecular complexity index is 620. The summed E-state index contributed by atoms with van der Waals surface area (Å²) >= 11 is 0. The molecule has 1 atom stereocenters. The van der Waals surface area contributed by atoms with Gasteiger partial charge in [-0.1, -0.05) is 19.9 Å². The summed E-state index contributed by atoms with van der Waals surface area (Å²) in [5, 5.41) is 2.77. The normalized spacial score (nSPS) is 16.2. The molecule has 27 heavy (non-hydrogen) atoms. The lowest BCUT2D eigenvalue weighted by Gasteiger charge is -2.37. The molecule has 0 saturated carbocycles. The highest BCUT2D eigenvalue weighted by Gasteiger charge is 2.30. The summed E-state index contributed by atoms with van der Waals surface area (Å²) in [6, 6.07) is 5.26. The molecular formula is C20H32N4O3. The van der Waals surface area contributed by atoms with Crippen molar-refractivity contribution in [2.75, 3.05) is 31.1 Å². The van der Waals surface area contributed by atoms with E-state index in [1.165, 1.54) is 0 Å². The molecule has 0 aliphatic carbocycles. The zero-order valence-electron chi connectivity index (χ0n) is 17.1. The van der Waals surface area contributed by atoms with Gasteiger partial charge in [-0.15, -0.1) is 0 Å². The first-order chi connectivity index (χ1) is 12.7. The second kappa shape index (κ2) is 9.06. The van der Waals surface area contributed by atoms with Crippen molar-refractivity contribution in [1.29, 1.82) is 0 Å². The van der Waals surface area contributed by atoms with Gasteiger partial charge in [0.25, 0.3) is 0 Å². The van der Waals surface area contributed by atoms with E-state index in [1.807, 2.05) is 57.7 Å². The van der Waals surface area contributed by atoms with Gasteiger partial charge in [0, 0.05) is 32.4 Å². The van der Waals surface area contributed by atoms with Crippen molar-refractivity contribution in [2.45, 2.75) is 52.7 Å². The predicted octanol–water partition coefficient (Wildman–Crippen LogP) is 2.67. The third-order valence-electron chi connectivity index (χ3n) is 4.26. The molecule has 1 aromatic rings. The fraction of sp³-hybridized carbons (Fsp3) is 0.650. The Labute approximate surface area is 162 Å². The molecule has 0 bridgehead atoms. The van der Waals surface area contributed by atoms with Crippen molar-refractivity contribution in [1.82, 2.24) is 15.2 Å². The zero-order valence-corrected chi connectivity index (χ0v) is 17.1. The van der Waals surface area contributed by atoms with E-state index < -0.39 is 17.7 Å². The smallest absolute Gasteiger partial charge is 0.408 e. The van der Waals surface area contributed by atoms with E-state index in [-0.39, 0.29) is 11.8 Å². The first-order valence-electron chi connectivity index (χ1n) is 9.60. The molecule has 1 saturated heterocycles. The van der Waals surface area contributed by atoms with Gasteiger partial charge in [0.05, 0.1) is 0 Å². The van der Waals surface area contributed by atoms with E-state index in [1.54, 1.807) is 6.20 Å². The molecule has 2 rings (SSSR count). The molecule has 7 nitrogen and oxygen atoms in total. The van der Waals surface area contributed by atoms with E-state index in [9.17, 15) is 9.59 Å². The third kappa shape index (κ3) is 6.73. The first-order valence-corrected chi connectivity index (χ1v) is 9.60. The van der Waals surface area contributed by atoms with Crippen LogP contribution in [0.25, 0.3) is 0 Å². The number of pyridine rings is 1. The minimum atomic E-state index is -0.593. The molecule has 0 aromatic carbocycles. The number of carbonyl (C=O) groups is 2. The van der Waals surface area contributed by atoms with Crippen LogP contribution in [0.1, 0.15) is 41.0 Å². The number of ether oxygens (including phenoxy) is 1. The number of nitrogens with zero attached hydrogens (tertiary/aromatic N) is 3. The van der Waals surface area contributed by atoms with Crippen LogP contribution >= 0.6 is 0 Å². The number of piperazine rings is 1. The van der Waals surface area contributed by atoms with Crippen LogP contribution in [0.3, 0.4) is 0 Å². The Kier molecular flexibility index (Phi) is 7.05. The van der Waals surface area contributed by atoms with Gasteiger partial charge in [0.1, 0.15) is 17.5 Å². The molecule has 1 aliphatic heterocycles. The largest absolute Gasteiger partial charge is 0.444 e. The summed E-state index contributed by atoms with van der Waals surface area (Å²) in [5.41, 5.74) is -0.593. The predicted molar refractivity (Wildman–Crippen MR) is 106 cm³/mol. The lowest BCUT2D eigenvalue weighted by molar-refractivity contribution is -0.134. The second-order valence-corrected chi connectivity index (χ2v) is 8.33. The van der Waals surface area contributed by atoms with Crippen LogP contribution in [0.4, 0.5) is 10.6 Å². The monoisotopic (exact) mass is 376 g/mol. The lowest BCUT2D eigenvalue weighted by Crippen LogP contribution is -2.55. The van der Waals surface area contributed by atoms with Crippen molar-refractivity contribution in [3.05, 3.63) is 24.4 Å². The Morgan fingerprint density at radius 2 is 1.85 bits per heavy atom. The van der Waals surface area contributed by atoms with Gasteiger partial charge >= 0.3 is 6.09 Å². The van der Waals surface area contributed by atoms with Crippen LogP contribution in [-0.4, -0.2) is 59.7 Å². The molecule has 1 N–H and O–H groups in total. The molecule has 2 amide bonds. The summed E-state index contributed by atoms with van der Waals surface area (Å²) in [7, 11) is 0. The van der Waals surface area contributed by atoms with Gasteiger partial charge < -0.3 is 19.9 Å². The summed E-state index contributed by atoms with van der Waals surface area (Å²) in [6.07, 6.45) is 1.81. The van der Waals surface area contributed by atoms with E-state index >= 15 is 0 Å². The molecule has 0 spiro atoms. The maximum absolute atomic E-state index is 13.0. The van der Waals surface area contributed by atoms with Crippen LogP contribution in [0.5, 0.6) is 0 Å². The Hall–Kier alpha value is -2.31. The number of nitrogens with one attached hydrogen (secondary N) is 1. The number of carbonyl (C=O) groups excluding carboxylic acids is 2. The molecular weight excluding hydrogens is 344 g/mol. The average molecular weight is 377 g/mol.